The molecule has 0 bridgehead atoms. The van der Waals surface area contributed by atoms with Crippen LogP contribution in [-0.2, 0) is 11.8 Å². The first-order valence-electron chi connectivity index (χ1n) is 6.25. The molecule has 0 spiro atoms. The smallest absolute Gasteiger partial charge is 0.411 e. The van der Waals surface area contributed by atoms with E-state index < -0.39 is 6.10 Å². The van der Waals surface area contributed by atoms with Gasteiger partial charge < -0.3 is 9.30 Å². The Hall–Kier alpha value is -0.940. The minimum Gasteiger partial charge on any atom is -0.436 e. The number of amides is 1. The number of halogens is 2. The second-order valence-electron chi connectivity index (χ2n) is 4.82. The van der Waals surface area contributed by atoms with E-state index in [4.69, 9.17) is 27.9 Å². The molecule has 0 aromatic carbocycles. The summed E-state index contributed by atoms with van der Waals surface area (Å²) in [6.45, 7) is 5.98. The van der Waals surface area contributed by atoms with Gasteiger partial charge in [0.05, 0.1) is 6.04 Å². The van der Waals surface area contributed by atoms with Crippen LogP contribution in [-0.4, -0.2) is 32.6 Å². The van der Waals surface area contributed by atoms with Gasteiger partial charge >= 0.3 is 6.09 Å². The molecular weight excluding hydrogens is 289 g/mol. The normalized spacial score (nSPS) is 24.7. The Morgan fingerprint density at radius 1 is 1.47 bits per heavy atom. The molecule has 2 rings (SSSR count). The van der Waals surface area contributed by atoms with Gasteiger partial charge in [-0.1, -0.05) is 30.1 Å². The topological polar surface area (TPSA) is 47.4 Å². The number of nitrogens with zero attached hydrogens (tertiary/aromatic N) is 3. The van der Waals surface area contributed by atoms with Crippen molar-refractivity contribution in [2.24, 2.45) is 7.05 Å². The lowest BCUT2D eigenvalue weighted by Crippen LogP contribution is -2.39. The Bertz CT molecular complexity index is 503. The Balaban J connectivity index is 2.32. The second kappa shape index (κ2) is 5.21. The van der Waals surface area contributed by atoms with Crippen LogP contribution in [0.1, 0.15) is 39.1 Å². The van der Waals surface area contributed by atoms with Crippen molar-refractivity contribution in [1.82, 2.24) is 14.5 Å². The molecule has 1 saturated heterocycles. The van der Waals surface area contributed by atoms with Gasteiger partial charge in [-0.2, -0.15) is 0 Å². The molecule has 1 aliphatic heterocycles. The number of imidazole rings is 1. The third kappa shape index (κ3) is 2.30. The lowest BCUT2D eigenvalue weighted by atomic mass is 10.1. The highest BCUT2D eigenvalue weighted by Gasteiger charge is 2.43. The summed E-state index contributed by atoms with van der Waals surface area (Å²) in [4.78, 5) is 17.9. The summed E-state index contributed by atoms with van der Waals surface area (Å²) in [5.74, 6) is 0.571. The molecule has 5 nitrogen and oxygen atoms in total. The Kier molecular flexibility index (Phi) is 3.97. The molecule has 2 heterocycles. The van der Waals surface area contributed by atoms with E-state index in [0.717, 1.165) is 6.42 Å². The second-order valence-corrected chi connectivity index (χ2v) is 5.54. The first-order chi connectivity index (χ1) is 8.88. The van der Waals surface area contributed by atoms with E-state index in [-0.39, 0.29) is 23.3 Å². The molecule has 3 atom stereocenters. The van der Waals surface area contributed by atoms with Crippen LogP contribution in [0.5, 0.6) is 0 Å². The fourth-order valence-electron chi connectivity index (χ4n) is 2.34. The highest BCUT2D eigenvalue weighted by molar-refractivity contribution is 6.40. The maximum Gasteiger partial charge on any atom is 0.411 e. The zero-order valence-electron chi connectivity index (χ0n) is 11.4. The molecule has 1 fully saturated rings. The first-order valence-corrected chi connectivity index (χ1v) is 7.00. The fourth-order valence-corrected chi connectivity index (χ4v) is 2.68. The molecule has 0 aliphatic carbocycles. The Morgan fingerprint density at radius 3 is 2.58 bits per heavy atom. The summed E-state index contributed by atoms with van der Waals surface area (Å²) in [6, 6.07) is 0.0226. The van der Waals surface area contributed by atoms with E-state index in [1.165, 1.54) is 0 Å². The van der Waals surface area contributed by atoms with Crippen LogP contribution in [0.15, 0.2) is 0 Å². The summed E-state index contributed by atoms with van der Waals surface area (Å²) >= 11 is 11.9. The van der Waals surface area contributed by atoms with Gasteiger partial charge in [0.1, 0.15) is 5.15 Å². The number of hydrogen-bond acceptors (Lipinski definition) is 3. The molecule has 0 N–H and O–H groups in total. The maximum atomic E-state index is 12.0. The number of carbonyl (C=O) groups excluding carboxylic acids is 1. The summed E-state index contributed by atoms with van der Waals surface area (Å²) in [6.07, 6.45) is 0.104. The van der Waals surface area contributed by atoms with Crippen LogP contribution in [0, 0.1) is 0 Å². The van der Waals surface area contributed by atoms with Gasteiger partial charge in [0, 0.05) is 13.1 Å². The molecule has 7 heteroatoms. The minimum atomic E-state index is -0.448. The minimum absolute atomic E-state index is 0.101. The van der Waals surface area contributed by atoms with Crippen molar-refractivity contribution in [3.8, 4) is 0 Å². The number of ether oxygens (including phenoxy) is 1. The molecule has 1 amide bonds. The third-order valence-corrected chi connectivity index (χ3v) is 4.45. The largest absolute Gasteiger partial charge is 0.436 e. The van der Waals surface area contributed by atoms with Crippen LogP contribution in [0.4, 0.5) is 4.79 Å². The lowest BCUT2D eigenvalue weighted by Gasteiger charge is -2.26. The highest BCUT2D eigenvalue weighted by Crippen LogP contribution is 2.36. The average Bonchev–Trinajstić information content (AvgIpc) is 2.80. The third-order valence-electron chi connectivity index (χ3n) is 3.66. The van der Waals surface area contributed by atoms with E-state index in [1.807, 2.05) is 20.8 Å². The fraction of sp³-hybridized carbons (Fsp3) is 0.667. The molecule has 0 radical (unpaired) electrons. The van der Waals surface area contributed by atoms with Crippen molar-refractivity contribution in [2.75, 3.05) is 0 Å². The molecule has 0 saturated carbocycles. The Morgan fingerprint density at radius 2 is 2.11 bits per heavy atom. The van der Waals surface area contributed by atoms with E-state index in [2.05, 4.69) is 4.98 Å². The lowest BCUT2D eigenvalue weighted by molar-refractivity contribution is 0.123. The molecule has 19 heavy (non-hydrogen) atoms. The predicted molar refractivity (Wildman–Crippen MR) is 73.5 cm³/mol. The number of hydrogen-bond donors (Lipinski definition) is 0. The SMILES string of the molecule is CCC(C)N1C(=O)O[C@H](c2nc(Cl)c(Cl)n2C)[C@@H]1C. The molecule has 1 aromatic heterocycles. The van der Waals surface area contributed by atoms with E-state index in [1.54, 1.807) is 16.5 Å². The van der Waals surface area contributed by atoms with Crippen LogP contribution >= 0.6 is 23.2 Å². The molecule has 1 aromatic rings. The summed E-state index contributed by atoms with van der Waals surface area (Å²) < 4.78 is 7.08. The van der Waals surface area contributed by atoms with Gasteiger partial charge in [0.2, 0.25) is 0 Å². The van der Waals surface area contributed by atoms with Crippen LogP contribution in [0.2, 0.25) is 10.3 Å². The number of aromatic nitrogens is 2. The Labute approximate surface area is 122 Å². The number of cyclic esters (lactones) is 1. The van der Waals surface area contributed by atoms with Gasteiger partial charge in [-0.25, -0.2) is 9.78 Å². The molecule has 1 unspecified atom stereocenters. The van der Waals surface area contributed by atoms with E-state index in [0.29, 0.717) is 11.0 Å². The summed E-state index contributed by atoms with van der Waals surface area (Å²) in [7, 11) is 1.75. The van der Waals surface area contributed by atoms with Crippen molar-refractivity contribution in [1.29, 1.82) is 0 Å². The van der Waals surface area contributed by atoms with E-state index >= 15 is 0 Å². The summed E-state index contributed by atoms with van der Waals surface area (Å²) in [5.41, 5.74) is 0. The summed E-state index contributed by atoms with van der Waals surface area (Å²) in [5, 5.41) is 0.575. The van der Waals surface area contributed by atoms with Crippen molar-refractivity contribution in [3.05, 3.63) is 16.1 Å². The number of carbonyl (C=O) groups is 1. The van der Waals surface area contributed by atoms with Gasteiger partial charge in [0.25, 0.3) is 0 Å². The van der Waals surface area contributed by atoms with Gasteiger partial charge in [0.15, 0.2) is 17.1 Å². The maximum absolute atomic E-state index is 12.0. The van der Waals surface area contributed by atoms with E-state index in [9.17, 15) is 4.79 Å². The zero-order valence-corrected chi connectivity index (χ0v) is 12.9. The average molecular weight is 306 g/mol. The zero-order chi connectivity index (χ0) is 14.3. The predicted octanol–water partition coefficient (Wildman–Crippen LogP) is 3.41. The number of rotatable bonds is 3. The quantitative estimate of drug-likeness (QED) is 0.860. The van der Waals surface area contributed by atoms with Crippen LogP contribution in [0.25, 0.3) is 0 Å². The first kappa shape index (κ1) is 14.5. The van der Waals surface area contributed by atoms with Crippen LogP contribution < -0.4 is 0 Å². The van der Waals surface area contributed by atoms with Gasteiger partial charge in [-0.15, -0.1) is 0 Å². The van der Waals surface area contributed by atoms with Crippen molar-refractivity contribution in [3.63, 3.8) is 0 Å². The van der Waals surface area contributed by atoms with Crippen LogP contribution in [0.3, 0.4) is 0 Å². The highest BCUT2D eigenvalue weighted by atomic mass is 35.5. The monoisotopic (exact) mass is 305 g/mol. The van der Waals surface area contributed by atoms with Gasteiger partial charge in [-0.3, -0.25) is 4.90 Å². The van der Waals surface area contributed by atoms with Crippen molar-refractivity contribution in [2.45, 2.75) is 45.4 Å². The van der Waals surface area contributed by atoms with Gasteiger partial charge in [-0.05, 0) is 20.3 Å². The standard InChI is InChI=1S/C12H17Cl2N3O2/c1-5-6(2)17-7(3)8(19-12(17)18)11-15-9(13)10(14)16(11)4/h6-8H,5H2,1-4H3/t6?,7-,8-/m0/s1. The molecule has 1 aliphatic rings. The van der Waals surface area contributed by atoms with Crippen molar-refractivity contribution < 1.29 is 9.53 Å². The van der Waals surface area contributed by atoms with Crippen molar-refractivity contribution >= 4 is 29.3 Å². The molecular formula is C12H17Cl2N3O2. The molecule has 106 valence electrons.